The van der Waals surface area contributed by atoms with Gasteiger partial charge in [0.2, 0.25) is 5.91 Å². The first-order valence-electron chi connectivity index (χ1n) is 8.20. The zero-order chi connectivity index (χ0) is 17.6. The quantitative estimate of drug-likeness (QED) is 0.746. The Balaban J connectivity index is 1.69. The van der Waals surface area contributed by atoms with E-state index in [0.717, 1.165) is 11.1 Å². The first-order valence-corrected chi connectivity index (χ1v) is 8.20. The first-order chi connectivity index (χ1) is 12.1. The third-order valence-electron chi connectivity index (χ3n) is 3.86. The molecule has 25 heavy (non-hydrogen) atoms. The molecule has 0 saturated heterocycles. The number of hydrogen-bond donors (Lipinski definition) is 1. The Bertz CT molecular complexity index is 843. The highest BCUT2D eigenvalue weighted by Gasteiger charge is 2.12. The molecule has 0 bridgehead atoms. The minimum Gasteiger partial charge on any atom is -0.484 e. The van der Waals surface area contributed by atoms with E-state index in [4.69, 9.17) is 4.74 Å². The molecule has 128 valence electrons. The standard InChI is InChI=1S/C20H21N3O2/c1-15(17-8-4-3-5-9-17)25-19-11-7-6-10-18(19)22-20(24)12-16-13-21-23(2)14-16/h3-11,13-15H,12H2,1-2H3,(H,22,24). The van der Waals surface area contributed by atoms with Crippen LogP contribution in [0, 0.1) is 0 Å². The van der Waals surface area contributed by atoms with Crippen molar-refractivity contribution < 1.29 is 9.53 Å². The SMILES string of the molecule is CC(Oc1ccccc1NC(=O)Cc1cnn(C)c1)c1ccccc1. The molecular formula is C20H21N3O2. The van der Waals surface area contributed by atoms with E-state index >= 15 is 0 Å². The molecule has 1 N–H and O–H groups in total. The molecule has 2 aromatic carbocycles. The smallest absolute Gasteiger partial charge is 0.229 e. The second kappa shape index (κ2) is 7.66. The zero-order valence-corrected chi connectivity index (χ0v) is 14.3. The van der Waals surface area contributed by atoms with Crippen molar-refractivity contribution in [3.63, 3.8) is 0 Å². The van der Waals surface area contributed by atoms with Gasteiger partial charge in [0.1, 0.15) is 11.9 Å². The summed E-state index contributed by atoms with van der Waals surface area (Å²) in [5.41, 5.74) is 2.62. The Morgan fingerprint density at radius 2 is 1.88 bits per heavy atom. The molecule has 0 radical (unpaired) electrons. The number of aromatic nitrogens is 2. The summed E-state index contributed by atoms with van der Waals surface area (Å²) in [5.74, 6) is 0.551. The van der Waals surface area contributed by atoms with Crippen molar-refractivity contribution in [3.8, 4) is 5.75 Å². The number of ether oxygens (including phenoxy) is 1. The molecule has 0 aliphatic rings. The highest BCUT2D eigenvalue weighted by atomic mass is 16.5. The topological polar surface area (TPSA) is 56.1 Å². The Labute approximate surface area is 147 Å². The lowest BCUT2D eigenvalue weighted by molar-refractivity contribution is -0.115. The fraction of sp³-hybridized carbons (Fsp3) is 0.200. The van der Waals surface area contributed by atoms with Crippen LogP contribution in [-0.4, -0.2) is 15.7 Å². The molecule has 1 heterocycles. The minimum atomic E-state index is -0.113. The van der Waals surface area contributed by atoms with E-state index in [1.165, 1.54) is 0 Å². The van der Waals surface area contributed by atoms with Gasteiger partial charge in [-0.1, -0.05) is 42.5 Å². The molecule has 5 heteroatoms. The number of benzene rings is 2. The van der Waals surface area contributed by atoms with Gasteiger partial charge in [0.15, 0.2) is 0 Å². The largest absolute Gasteiger partial charge is 0.484 e. The third-order valence-corrected chi connectivity index (χ3v) is 3.86. The number of nitrogens with one attached hydrogen (secondary N) is 1. The fourth-order valence-corrected chi connectivity index (χ4v) is 2.60. The molecule has 5 nitrogen and oxygen atoms in total. The number of anilines is 1. The van der Waals surface area contributed by atoms with E-state index in [9.17, 15) is 4.79 Å². The second-order valence-corrected chi connectivity index (χ2v) is 5.91. The Morgan fingerprint density at radius 3 is 2.60 bits per heavy atom. The van der Waals surface area contributed by atoms with Crippen molar-refractivity contribution >= 4 is 11.6 Å². The van der Waals surface area contributed by atoms with Crippen LogP contribution in [0.2, 0.25) is 0 Å². The average molecular weight is 335 g/mol. The monoisotopic (exact) mass is 335 g/mol. The zero-order valence-electron chi connectivity index (χ0n) is 14.3. The summed E-state index contributed by atoms with van der Waals surface area (Å²) < 4.78 is 7.74. The number of nitrogens with zero attached hydrogens (tertiary/aromatic N) is 2. The summed E-state index contributed by atoms with van der Waals surface area (Å²) in [6.45, 7) is 1.99. The lowest BCUT2D eigenvalue weighted by Gasteiger charge is -2.18. The molecule has 1 aromatic heterocycles. The summed E-state index contributed by atoms with van der Waals surface area (Å²) in [5, 5.41) is 7.00. The van der Waals surface area contributed by atoms with Crippen LogP contribution in [0.25, 0.3) is 0 Å². The highest BCUT2D eigenvalue weighted by molar-refractivity contribution is 5.93. The molecule has 1 atom stereocenters. The van der Waals surface area contributed by atoms with E-state index in [2.05, 4.69) is 10.4 Å². The predicted octanol–water partition coefficient (Wildman–Crippen LogP) is 3.74. The van der Waals surface area contributed by atoms with E-state index in [1.807, 2.05) is 74.8 Å². The molecule has 3 aromatic rings. The third kappa shape index (κ3) is 4.47. The fourth-order valence-electron chi connectivity index (χ4n) is 2.60. The van der Waals surface area contributed by atoms with E-state index in [0.29, 0.717) is 11.4 Å². The molecule has 1 amide bonds. The maximum atomic E-state index is 12.3. The number of hydrogen-bond acceptors (Lipinski definition) is 3. The number of carbonyl (C=O) groups is 1. The number of aryl methyl sites for hydroxylation is 1. The van der Waals surface area contributed by atoms with Crippen LogP contribution in [0.15, 0.2) is 67.0 Å². The van der Waals surface area contributed by atoms with Crippen LogP contribution in [-0.2, 0) is 18.3 Å². The Hall–Kier alpha value is -3.08. The van der Waals surface area contributed by atoms with Crippen molar-refractivity contribution in [3.05, 3.63) is 78.1 Å². The summed E-state index contributed by atoms with van der Waals surface area (Å²) in [6.07, 6.45) is 3.69. The van der Waals surface area contributed by atoms with Crippen LogP contribution in [0.5, 0.6) is 5.75 Å². The van der Waals surface area contributed by atoms with Crippen LogP contribution in [0.1, 0.15) is 24.2 Å². The Morgan fingerprint density at radius 1 is 1.16 bits per heavy atom. The molecule has 0 saturated carbocycles. The van der Waals surface area contributed by atoms with Crippen LogP contribution in [0.4, 0.5) is 5.69 Å². The number of para-hydroxylation sites is 2. The van der Waals surface area contributed by atoms with Gasteiger partial charge in [0.05, 0.1) is 18.3 Å². The van der Waals surface area contributed by atoms with Crippen molar-refractivity contribution in [2.24, 2.45) is 7.05 Å². The predicted molar refractivity (Wildman–Crippen MR) is 97.5 cm³/mol. The lowest BCUT2D eigenvalue weighted by Crippen LogP contribution is -2.15. The van der Waals surface area contributed by atoms with Gasteiger partial charge in [-0.3, -0.25) is 9.48 Å². The summed E-state index contributed by atoms with van der Waals surface area (Å²) in [4.78, 5) is 12.3. The van der Waals surface area contributed by atoms with E-state index in [-0.39, 0.29) is 18.4 Å². The number of amides is 1. The van der Waals surface area contributed by atoms with Gasteiger partial charge < -0.3 is 10.1 Å². The molecule has 0 spiro atoms. The van der Waals surface area contributed by atoms with Crippen LogP contribution < -0.4 is 10.1 Å². The molecule has 0 fully saturated rings. The van der Waals surface area contributed by atoms with Gasteiger partial charge in [-0.25, -0.2) is 0 Å². The number of rotatable bonds is 6. The summed E-state index contributed by atoms with van der Waals surface area (Å²) in [6, 6.07) is 17.5. The van der Waals surface area contributed by atoms with E-state index in [1.54, 1.807) is 10.9 Å². The van der Waals surface area contributed by atoms with Gasteiger partial charge >= 0.3 is 0 Å². The minimum absolute atomic E-state index is 0.101. The van der Waals surface area contributed by atoms with Crippen molar-refractivity contribution in [2.75, 3.05) is 5.32 Å². The highest BCUT2D eigenvalue weighted by Crippen LogP contribution is 2.29. The molecule has 0 aliphatic carbocycles. The molecule has 1 unspecified atom stereocenters. The van der Waals surface area contributed by atoms with Gasteiger partial charge in [0.25, 0.3) is 0 Å². The Kier molecular flexibility index (Phi) is 5.14. The normalized spacial score (nSPS) is 11.8. The lowest BCUT2D eigenvalue weighted by atomic mass is 10.1. The second-order valence-electron chi connectivity index (χ2n) is 5.91. The van der Waals surface area contributed by atoms with Crippen LogP contribution in [0.3, 0.4) is 0 Å². The summed E-state index contributed by atoms with van der Waals surface area (Å²) in [7, 11) is 1.83. The van der Waals surface area contributed by atoms with Crippen molar-refractivity contribution in [2.45, 2.75) is 19.4 Å². The number of carbonyl (C=O) groups excluding carboxylic acids is 1. The first kappa shape index (κ1) is 16.8. The molecule has 3 rings (SSSR count). The van der Waals surface area contributed by atoms with Gasteiger partial charge in [-0.15, -0.1) is 0 Å². The maximum absolute atomic E-state index is 12.3. The maximum Gasteiger partial charge on any atom is 0.229 e. The van der Waals surface area contributed by atoms with Gasteiger partial charge in [-0.05, 0) is 30.2 Å². The molecule has 0 aliphatic heterocycles. The van der Waals surface area contributed by atoms with Crippen molar-refractivity contribution in [1.29, 1.82) is 0 Å². The van der Waals surface area contributed by atoms with Gasteiger partial charge in [0, 0.05) is 13.2 Å². The summed E-state index contributed by atoms with van der Waals surface area (Å²) >= 11 is 0. The van der Waals surface area contributed by atoms with E-state index < -0.39 is 0 Å². The van der Waals surface area contributed by atoms with Crippen LogP contribution >= 0.6 is 0 Å². The average Bonchev–Trinajstić information content (AvgIpc) is 3.02. The molecular weight excluding hydrogens is 314 g/mol. The van der Waals surface area contributed by atoms with Gasteiger partial charge in [-0.2, -0.15) is 5.10 Å². The van der Waals surface area contributed by atoms with Crippen molar-refractivity contribution in [1.82, 2.24) is 9.78 Å².